The van der Waals surface area contributed by atoms with Crippen LogP contribution in [0.3, 0.4) is 0 Å². The Balaban J connectivity index is 1.33. The summed E-state index contributed by atoms with van der Waals surface area (Å²) in [7, 11) is -3.32. The Bertz CT molecular complexity index is 644. The Morgan fingerprint density at radius 2 is 1.92 bits per heavy atom. The van der Waals surface area contributed by atoms with Crippen LogP contribution in [0.5, 0.6) is 0 Å². The Morgan fingerprint density at radius 1 is 1.08 bits per heavy atom. The van der Waals surface area contributed by atoms with Crippen LogP contribution in [-0.2, 0) is 10.0 Å². The molecule has 0 bridgehead atoms. The molecule has 6 heteroatoms. The van der Waals surface area contributed by atoms with E-state index in [4.69, 9.17) is 0 Å². The number of fused-ring (bicyclic) bond motifs is 1. The van der Waals surface area contributed by atoms with E-state index in [2.05, 4.69) is 9.62 Å². The number of hydrogen-bond acceptors (Lipinski definition) is 4. The van der Waals surface area contributed by atoms with Gasteiger partial charge in [0, 0.05) is 18.6 Å². The van der Waals surface area contributed by atoms with Gasteiger partial charge in [0.25, 0.3) is 0 Å². The van der Waals surface area contributed by atoms with Crippen molar-refractivity contribution in [3.8, 4) is 0 Å². The maximum atomic E-state index is 12.4. The molecule has 0 aromatic carbocycles. The number of thiophene rings is 1. The summed E-state index contributed by atoms with van der Waals surface area (Å²) in [5.41, 5.74) is 0. The lowest BCUT2D eigenvalue weighted by molar-refractivity contribution is 0.0580. The first-order valence-corrected chi connectivity index (χ1v) is 11.8. The highest BCUT2D eigenvalue weighted by Gasteiger charge is 2.37. The van der Waals surface area contributed by atoms with E-state index in [0.717, 1.165) is 31.1 Å². The second kappa shape index (κ2) is 7.06. The number of nitrogens with one attached hydrogen (secondary N) is 1. The predicted octanol–water partition coefficient (Wildman–Crippen LogP) is 3.46. The molecule has 1 saturated heterocycles. The molecule has 0 amide bonds. The van der Waals surface area contributed by atoms with Crippen molar-refractivity contribution in [2.24, 2.45) is 11.8 Å². The van der Waals surface area contributed by atoms with E-state index < -0.39 is 10.0 Å². The van der Waals surface area contributed by atoms with E-state index in [1.165, 1.54) is 56.5 Å². The number of rotatable bonds is 4. The highest BCUT2D eigenvalue weighted by molar-refractivity contribution is 7.91. The van der Waals surface area contributed by atoms with Crippen molar-refractivity contribution in [3.63, 3.8) is 0 Å². The van der Waals surface area contributed by atoms with Crippen LogP contribution >= 0.6 is 11.3 Å². The van der Waals surface area contributed by atoms with Gasteiger partial charge in [-0.3, -0.25) is 0 Å². The molecule has 4 rings (SSSR count). The van der Waals surface area contributed by atoms with Gasteiger partial charge in [-0.05, 0) is 61.9 Å². The van der Waals surface area contributed by atoms with E-state index in [1.807, 2.05) is 5.38 Å². The average Bonchev–Trinajstić information content (AvgIpc) is 3.26. The van der Waals surface area contributed by atoms with Crippen molar-refractivity contribution in [2.75, 3.05) is 13.1 Å². The molecule has 2 heterocycles. The topological polar surface area (TPSA) is 49.4 Å². The highest BCUT2D eigenvalue weighted by Crippen LogP contribution is 2.38. The van der Waals surface area contributed by atoms with E-state index in [-0.39, 0.29) is 6.04 Å². The molecule has 2 saturated carbocycles. The summed E-state index contributed by atoms with van der Waals surface area (Å²) < 4.78 is 28.2. The van der Waals surface area contributed by atoms with Gasteiger partial charge in [0.15, 0.2) is 0 Å². The number of hydrogen-bond donors (Lipinski definition) is 1. The van der Waals surface area contributed by atoms with Crippen LogP contribution in [0.15, 0.2) is 21.7 Å². The number of sulfonamides is 1. The SMILES string of the molecule is O=S(=O)(NC1CCC(N2CCC3CCCCC3C2)C1)c1cccs1. The Morgan fingerprint density at radius 3 is 2.71 bits per heavy atom. The average molecular weight is 369 g/mol. The first-order valence-electron chi connectivity index (χ1n) is 9.42. The third kappa shape index (κ3) is 3.57. The van der Waals surface area contributed by atoms with E-state index >= 15 is 0 Å². The first-order chi connectivity index (χ1) is 11.6. The molecule has 4 unspecified atom stereocenters. The fraction of sp³-hybridized carbons (Fsp3) is 0.778. The molecule has 24 heavy (non-hydrogen) atoms. The Labute approximate surface area is 149 Å². The van der Waals surface area contributed by atoms with Crippen LogP contribution in [0.2, 0.25) is 0 Å². The number of piperidine rings is 1. The lowest BCUT2D eigenvalue weighted by atomic mass is 9.75. The van der Waals surface area contributed by atoms with Gasteiger partial charge in [-0.25, -0.2) is 13.1 Å². The smallest absolute Gasteiger partial charge is 0.250 e. The largest absolute Gasteiger partial charge is 0.300 e. The van der Waals surface area contributed by atoms with Gasteiger partial charge in [0.05, 0.1) is 0 Å². The summed E-state index contributed by atoms with van der Waals surface area (Å²) in [4.78, 5) is 2.67. The summed E-state index contributed by atoms with van der Waals surface area (Å²) in [6.45, 7) is 2.47. The zero-order chi connectivity index (χ0) is 16.6. The predicted molar refractivity (Wildman–Crippen MR) is 97.7 cm³/mol. The molecule has 3 fully saturated rings. The van der Waals surface area contributed by atoms with Crippen LogP contribution in [0.4, 0.5) is 0 Å². The summed E-state index contributed by atoms with van der Waals surface area (Å²) in [6.07, 6.45) is 10.1. The molecule has 1 N–H and O–H groups in total. The van der Waals surface area contributed by atoms with Gasteiger partial charge in [0.2, 0.25) is 10.0 Å². The summed E-state index contributed by atoms with van der Waals surface area (Å²) in [6, 6.07) is 4.16. The molecule has 3 aliphatic rings. The first kappa shape index (κ1) is 17.0. The van der Waals surface area contributed by atoms with Gasteiger partial charge >= 0.3 is 0 Å². The van der Waals surface area contributed by atoms with Crippen molar-refractivity contribution in [1.82, 2.24) is 9.62 Å². The fourth-order valence-corrected chi connectivity index (χ4v) is 7.34. The van der Waals surface area contributed by atoms with E-state index in [1.54, 1.807) is 12.1 Å². The normalized spacial score (nSPS) is 35.0. The maximum absolute atomic E-state index is 12.4. The second-order valence-electron chi connectivity index (χ2n) is 7.81. The molecular formula is C18H28N2O2S2. The van der Waals surface area contributed by atoms with Gasteiger partial charge in [-0.1, -0.05) is 25.3 Å². The zero-order valence-electron chi connectivity index (χ0n) is 14.2. The van der Waals surface area contributed by atoms with Crippen molar-refractivity contribution < 1.29 is 8.42 Å². The van der Waals surface area contributed by atoms with Gasteiger partial charge in [-0.2, -0.15) is 0 Å². The van der Waals surface area contributed by atoms with E-state index in [0.29, 0.717) is 10.3 Å². The Hall–Kier alpha value is -0.430. The minimum absolute atomic E-state index is 0.103. The summed E-state index contributed by atoms with van der Waals surface area (Å²) in [5.74, 6) is 1.86. The summed E-state index contributed by atoms with van der Waals surface area (Å²) in [5, 5.41) is 1.82. The number of likely N-dealkylation sites (tertiary alicyclic amines) is 1. The van der Waals surface area contributed by atoms with Crippen molar-refractivity contribution in [1.29, 1.82) is 0 Å². The van der Waals surface area contributed by atoms with Crippen LogP contribution in [-0.4, -0.2) is 38.5 Å². The van der Waals surface area contributed by atoms with E-state index in [9.17, 15) is 8.42 Å². The van der Waals surface area contributed by atoms with Crippen LogP contribution in [0.1, 0.15) is 51.4 Å². The third-order valence-corrected chi connectivity index (χ3v) is 9.24. The van der Waals surface area contributed by atoms with Crippen molar-refractivity contribution >= 4 is 21.4 Å². The molecule has 134 valence electrons. The fourth-order valence-electron chi connectivity index (χ4n) is 5.05. The third-order valence-electron chi connectivity index (χ3n) is 6.33. The van der Waals surface area contributed by atoms with Crippen LogP contribution < -0.4 is 4.72 Å². The van der Waals surface area contributed by atoms with Gasteiger partial charge in [-0.15, -0.1) is 11.3 Å². The standard InChI is InChI=1S/C18H28N2O2S2/c21-24(22,18-6-3-11-23-18)19-16-7-8-17(12-16)20-10-9-14-4-1-2-5-15(14)13-20/h3,6,11,14-17,19H,1-2,4-5,7-10,12-13H2. The minimum atomic E-state index is -3.32. The Kier molecular flexibility index (Phi) is 5.00. The zero-order valence-corrected chi connectivity index (χ0v) is 15.8. The van der Waals surface area contributed by atoms with Crippen LogP contribution in [0.25, 0.3) is 0 Å². The molecule has 1 aliphatic heterocycles. The monoisotopic (exact) mass is 368 g/mol. The molecule has 4 atom stereocenters. The molecule has 0 spiro atoms. The molecule has 2 aliphatic carbocycles. The highest BCUT2D eigenvalue weighted by atomic mass is 32.2. The van der Waals surface area contributed by atoms with Crippen LogP contribution in [0, 0.1) is 11.8 Å². The molecule has 4 nitrogen and oxygen atoms in total. The maximum Gasteiger partial charge on any atom is 0.250 e. The molecule has 1 aromatic heterocycles. The quantitative estimate of drug-likeness (QED) is 0.885. The minimum Gasteiger partial charge on any atom is -0.300 e. The van der Waals surface area contributed by atoms with Gasteiger partial charge < -0.3 is 4.90 Å². The van der Waals surface area contributed by atoms with Crippen molar-refractivity contribution in [2.45, 2.75) is 67.7 Å². The lowest BCUT2D eigenvalue weighted by Crippen LogP contribution is -2.46. The molecule has 0 radical (unpaired) electrons. The molecular weight excluding hydrogens is 340 g/mol. The van der Waals surface area contributed by atoms with Crippen molar-refractivity contribution in [3.05, 3.63) is 17.5 Å². The lowest BCUT2D eigenvalue weighted by Gasteiger charge is -2.43. The molecule has 1 aromatic rings. The second-order valence-corrected chi connectivity index (χ2v) is 10.7. The summed E-state index contributed by atoms with van der Waals surface area (Å²) >= 11 is 1.29. The number of nitrogens with zero attached hydrogens (tertiary/aromatic N) is 1. The van der Waals surface area contributed by atoms with Gasteiger partial charge in [0.1, 0.15) is 4.21 Å².